The summed E-state index contributed by atoms with van der Waals surface area (Å²) in [7, 11) is 0. The zero-order chi connectivity index (χ0) is 11.2. The van der Waals surface area contributed by atoms with E-state index in [0.29, 0.717) is 0 Å². The van der Waals surface area contributed by atoms with Gasteiger partial charge < -0.3 is 4.40 Å². The fourth-order valence-electron chi connectivity index (χ4n) is 2.53. The van der Waals surface area contributed by atoms with Crippen LogP contribution in [0.2, 0.25) is 0 Å². The van der Waals surface area contributed by atoms with Crippen molar-refractivity contribution < 1.29 is 0 Å². The number of nitrogens with zero attached hydrogens (tertiary/aromatic N) is 2. The summed E-state index contributed by atoms with van der Waals surface area (Å²) in [6, 6.07) is 16.8. The molecule has 0 aliphatic carbocycles. The van der Waals surface area contributed by atoms with Crippen molar-refractivity contribution in [2.24, 2.45) is 0 Å². The summed E-state index contributed by atoms with van der Waals surface area (Å²) in [4.78, 5) is 4.49. The Labute approximate surface area is 98.1 Å². The highest BCUT2D eigenvalue weighted by atomic mass is 15.0. The maximum Gasteiger partial charge on any atom is 0.144 e. The maximum atomic E-state index is 4.49. The second kappa shape index (κ2) is 3.08. The van der Waals surface area contributed by atoms with E-state index < -0.39 is 0 Å². The summed E-state index contributed by atoms with van der Waals surface area (Å²) in [5.74, 6) is 0. The van der Waals surface area contributed by atoms with Gasteiger partial charge in [0.2, 0.25) is 0 Å². The van der Waals surface area contributed by atoms with Crippen molar-refractivity contribution in [3.8, 4) is 0 Å². The van der Waals surface area contributed by atoms with Crippen LogP contribution in [0.5, 0.6) is 0 Å². The van der Waals surface area contributed by atoms with E-state index in [1.165, 1.54) is 21.7 Å². The predicted octanol–water partition coefficient (Wildman–Crippen LogP) is 3.64. The molecular weight excluding hydrogens is 208 g/mol. The molecule has 0 unspecified atom stereocenters. The van der Waals surface area contributed by atoms with Crippen molar-refractivity contribution in [1.29, 1.82) is 0 Å². The van der Waals surface area contributed by atoms with Crippen LogP contribution in [-0.2, 0) is 0 Å². The Balaban J connectivity index is 2.48. The number of hydrogen-bond acceptors (Lipinski definition) is 1. The fraction of sp³-hybridized carbons (Fsp3) is 0. The van der Waals surface area contributed by atoms with Gasteiger partial charge in [-0.1, -0.05) is 24.3 Å². The lowest BCUT2D eigenvalue weighted by molar-refractivity contribution is 1.21. The van der Waals surface area contributed by atoms with Gasteiger partial charge >= 0.3 is 0 Å². The van der Waals surface area contributed by atoms with E-state index in [2.05, 4.69) is 58.0 Å². The van der Waals surface area contributed by atoms with Crippen LogP contribution in [0.1, 0.15) is 0 Å². The molecule has 3 aromatic heterocycles. The smallest absolute Gasteiger partial charge is 0.144 e. The minimum Gasteiger partial charge on any atom is -0.301 e. The Morgan fingerprint density at radius 2 is 1.59 bits per heavy atom. The van der Waals surface area contributed by atoms with Gasteiger partial charge in [-0.05, 0) is 29.7 Å². The predicted molar refractivity (Wildman–Crippen MR) is 70.2 cm³/mol. The normalized spacial score (nSPS) is 11.5. The summed E-state index contributed by atoms with van der Waals surface area (Å²) in [6.45, 7) is 0. The van der Waals surface area contributed by atoms with Crippen molar-refractivity contribution in [3.63, 3.8) is 0 Å². The molecule has 2 nitrogen and oxygen atoms in total. The summed E-state index contributed by atoms with van der Waals surface area (Å²) in [5, 5.41) is 3.74. The number of rotatable bonds is 0. The first-order valence-electron chi connectivity index (χ1n) is 5.68. The standard InChI is InChI=1S/C15H10N2/c1-2-6-12-11(5-1)13-7-3-9-16-15(13)17-10-4-8-14(12)17/h1-10H. The van der Waals surface area contributed by atoms with E-state index in [0.717, 1.165) is 5.65 Å². The molecule has 0 saturated carbocycles. The van der Waals surface area contributed by atoms with Crippen molar-refractivity contribution in [3.05, 3.63) is 60.9 Å². The highest BCUT2D eigenvalue weighted by Crippen LogP contribution is 2.28. The van der Waals surface area contributed by atoms with Crippen molar-refractivity contribution in [2.75, 3.05) is 0 Å². The van der Waals surface area contributed by atoms with E-state index in [1.54, 1.807) is 0 Å². The van der Waals surface area contributed by atoms with E-state index in [4.69, 9.17) is 0 Å². The zero-order valence-corrected chi connectivity index (χ0v) is 9.17. The monoisotopic (exact) mass is 218 g/mol. The highest BCUT2D eigenvalue weighted by molar-refractivity contribution is 6.11. The van der Waals surface area contributed by atoms with Crippen LogP contribution in [-0.4, -0.2) is 9.38 Å². The number of fused-ring (bicyclic) bond motifs is 6. The molecule has 2 heteroatoms. The summed E-state index contributed by atoms with van der Waals surface area (Å²) >= 11 is 0. The number of aromatic nitrogens is 2. The molecule has 3 heterocycles. The van der Waals surface area contributed by atoms with Crippen molar-refractivity contribution >= 4 is 27.3 Å². The van der Waals surface area contributed by atoms with E-state index in [9.17, 15) is 0 Å². The lowest BCUT2D eigenvalue weighted by Gasteiger charge is -2.07. The molecule has 1 aromatic carbocycles. The van der Waals surface area contributed by atoms with Crippen molar-refractivity contribution in [2.45, 2.75) is 0 Å². The molecule has 0 spiro atoms. The van der Waals surface area contributed by atoms with E-state index in [-0.39, 0.29) is 0 Å². The van der Waals surface area contributed by atoms with Gasteiger partial charge in [0, 0.05) is 23.2 Å². The fourth-order valence-corrected chi connectivity index (χ4v) is 2.53. The Hall–Kier alpha value is -2.35. The largest absolute Gasteiger partial charge is 0.301 e. The van der Waals surface area contributed by atoms with Crippen LogP contribution in [0.3, 0.4) is 0 Å². The first-order chi connectivity index (χ1) is 8.45. The van der Waals surface area contributed by atoms with Gasteiger partial charge in [0.1, 0.15) is 5.65 Å². The first kappa shape index (κ1) is 8.76. The van der Waals surface area contributed by atoms with Gasteiger partial charge in [-0.15, -0.1) is 0 Å². The highest BCUT2D eigenvalue weighted by Gasteiger charge is 2.07. The molecule has 0 saturated heterocycles. The summed E-state index contributed by atoms with van der Waals surface area (Å²) in [5.41, 5.74) is 2.23. The molecule has 0 amide bonds. The van der Waals surface area contributed by atoms with Gasteiger partial charge in [0.15, 0.2) is 0 Å². The van der Waals surface area contributed by atoms with Gasteiger partial charge in [0.25, 0.3) is 0 Å². The Morgan fingerprint density at radius 3 is 2.53 bits per heavy atom. The lowest BCUT2D eigenvalue weighted by Crippen LogP contribution is -1.91. The van der Waals surface area contributed by atoms with Gasteiger partial charge in [-0.25, -0.2) is 4.98 Å². The van der Waals surface area contributed by atoms with Crippen LogP contribution in [0.25, 0.3) is 27.3 Å². The molecule has 0 fully saturated rings. The molecule has 80 valence electrons. The van der Waals surface area contributed by atoms with Crippen molar-refractivity contribution in [1.82, 2.24) is 9.38 Å². The quantitative estimate of drug-likeness (QED) is 0.412. The molecular formula is C15H10N2. The summed E-state index contributed by atoms with van der Waals surface area (Å²) in [6.07, 6.45) is 3.91. The molecule has 4 rings (SSSR count). The molecule has 0 aliphatic heterocycles. The van der Waals surface area contributed by atoms with Crippen LogP contribution < -0.4 is 0 Å². The average molecular weight is 218 g/mol. The third kappa shape index (κ3) is 1.07. The Kier molecular flexibility index (Phi) is 1.59. The average Bonchev–Trinajstić information content (AvgIpc) is 2.89. The third-order valence-corrected chi connectivity index (χ3v) is 3.26. The zero-order valence-electron chi connectivity index (χ0n) is 9.17. The molecule has 0 N–H and O–H groups in total. The molecule has 17 heavy (non-hydrogen) atoms. The van der Waals surface area contributed by atoms with Gasteiger partial charge in [0.05, 0.1) is 5.52 Å². The van der Waals surface area contributed by atoms with E-state index >= 15 is 0 Å². The molecule has 4 aromatic rings. The SMILES string of the molecule is c1ccc2c(c1)c1cccnc1n1cccc21. The van der Waals surface area contributed by atoms with Crippen LogP contribution >= 0.6 is 0 Å². The Bertz CT molecular complexity index is 773. The molecule has 0 atom stereocenters. The minimum absolute atomic E-state index is 1.02. The maximum absolute atomic E-state index is 4.49. The topological polar surface area (TPSA) is 17.3 Å². The molecule has 0 radical (unpaired) electrons. The van der Waals surface area contributed by atoms with Gasteiger partial charge in [-0.3, -0.25) is 0 Å². The first-order valence-corrected chi connectivity index (χ1v) is 5.68. The Morgan fingerprint density at radius 1 is 0.765 bits per heavy atom. The second-order valence-electron chi connectivity index (χ2n) is 4.18. The number of hydrogen-bond donors (Lipinski definition) is 0. The molecule has 0 bridgehead atoms. The minimum atomic E-state index is 1.02. The van der Waals surface area contributed by atoms with Gasteiger partial charge in [-0.2, -0.15) is 0 Å². The van der Waals surface area contributed by atoms with Crippen LogP contribution in [0, 0.1) is 0 Å². The second-order valence-corrected chi connectivity index (χ2v) is 4.18. The number of benzene rings is 1. The molecule has 0 aliphatic rings. The van der Waals surface area contributed by atoms with Crippen LogP contribution in [0.15, 0.2) is 60.9 Å². The summed E-state index contributed by atoms with van der Waals surface area (Å²) < 4.78 is 2.15. The lowest BCUT2D eigenvalue weighted by atomic mass is 10.1. The third-order valence-electron chi connectivity index (χ3n) is 3.26. The van der Waals surface area contributed by atoms with Crippen LogP contribution in [0.4, 0.5) is 0 Å². The number of pyridine rings is 2. The van der Waals surface area contributed by atoms with E-state index in [1.807, 2.05) is 12.3 Å².